The summed E-state index contributed by atoms with van der Waals surface area (Å²) in [7, 11) is 0. The molecule has 1 aliphatic heterocycles. The van der Waals surface area contributed by atoms with Crippen LogP contribution in [0.15, 0.2) is 15.9 Å². The molecule has 2 N–H and O–H groups in total. The quantitative estimate of drug-likeness (QED) is 0.771. The van der Waals surface area contributed by atoms with Gasteiger partial charge in [0.15, 0.2) is 0 Å². The van der Waals surface area contributed by atoms with Crippen LogP contribution in [0.1, 0.15) is 42.9 Å². The zero-order valence-electron chi connectivity index (χ0n) is 14.0. The minimum atomic E-state index is -1.01. The molecule has 1 unspecified atom stereocenters. The molecule has 138 valence electrons. The van der Waals surface area contributed by atoms with Crippen molar-refractivity contribution in [1.29, 1.82) is 0 Å². The Morgan fingerprint density at radius 3 is 2.24 bits per heavy atom. The summed E-state index contributed by atoms with van der Waals surface area (Å²) in [6.07, 6.45) is 3.27. The van der Waals surface area contributed by atoms with Crippen molar-refractivity contribution in [2.75, 3.05) is 26.2 Å². The number of halogens is 1. The zero-order chi connectivity index (χ0) is 18.0. The molecule has 3 rings (SSSR count). The first-order valence-corrected chi connectivity index (χ1v) is 10.3. The molecule has 0 aromatic carbocycles. The van der Waals surface area contributed by atoms with Gasteiger partial charge in [0.25, 0.3) is 0 Å². The van der Waals surface area contributed by atoms with E-state index in [4.69, 9.17) is 5.11 Å². The smallest absolute Gasteiger partial charge is 0.407 e. The van der Waals surface area contributed by atoms with Crippen molar-refractivity contribution in [3.63, 3.8) is 0 Å². The van der Waals surface area contributed by atoms with E-state index < -0.39 is 17.6 Å². The van der Waals surface area contributed by atoms with E-state index in [2.05, 4.69) is 15.9 Å². The first-order valence-electron chi connectivity index (χ1n) is 8.64. The summed E-state index contributed by atoms with van der Waals surface area (Å²) in [5.74, 6) is -0.649. The number of hydrogen-bond acceptors (Lipinski definition) is 4. The maximum Gasteiger partial charge on any atom is 0.407 e. The fourth-order valence-electron chi connectivity index (χ4n) is 3.85. The van der Waals surface area contributed by atoms with E-state index in [1.807, 2.05) is 11.4 Å². The Bertz CT molecular complexity index is 636. The van der Waals surface area contributed by atoms with E-state index >= 15 is 0 Å². The molecule has 2 aliphatic rings. The molecule has 0 bridgehead atoms. The van der Waals surface area contributed by atoms with Crippen LogP contribution in [0.25, 0.3) is 0 Å². The molecule has 1 saturated carbocycles. The third-order valence-corrected chi connectivity index (χ3v) is 7.00. The van der Waals surface area contributed by atoms with Crippen LogP contribution in [0.5, 0.6) is 0 Å². The number of rotatable bonds is 3. The lowest BCUT2D eigenvalue weighted by molar-refractivity contribution is -0.143. The molecule has 2 heterocycles. The predicted molar refractivity (Wildman–Crippen MR) is 99.0 cm³/mol. The van der Waals surface area contributed by atoms with E-state index in [9.17, 15) is 14.7 Å². The molecular formula is C17H23BrN2O4S. The molecular weight excluding hydrogens is 408 g/mol. The van der Waals surface area contributed by atoms with Crippen LogP contribution in [0.3, 0.4) is 0 Å². The Balaban J connectivity index is 1.82. The van der Waals surface area contributed by atoms with E-state index in [1.165, 1.54) is 16.2 Å². The third kappa shape index (κ3) is 4.01. The third-order valence-electron chi connectivity index (χ3n) is 5.24. The maximum atomic E-state index is 13.3. The number of carbonyl (C=O) groups excluding carboxylic acids is 1. The molecule has 2 amide bonds. The summed E-state index contributed by atoms with van der Waals surface area (Å²) in [6.45, 7) is 1.40. The van der Waals surface area contributed by atoms with E-state index in [1.54, 1.807) is 4.90 Å². The fraction of sp³-hybridized carbons (Fsp3) is 0.647. The van der Waals surface area contributed by atoms with Crippen LogP contribution in [-0.4, -0.2) is 63.8 Å². The van der Waals surface area contributed by atoms with Crippen molar-refractivity contribution in [3.8, 4) is 0 Å². The molecule has 1 atom stereocenters. The molecule has 0 radical (unpaired) electrons. The van der Waals surface area contributed by atoms with Crippen LogP contribution in [-0.2, 0) is 4.79 Å². The van der Waals surface area contributed by atoms with Gasteiger partial charge in [-0.15, -0.1) is 11.3 Å². The molecule has 6 nitrogen and oxygen atoms in total. The number of carboxylic acid groups (broad SMARTS) is 1. The van der Waals surface area contributed by atoms with Gasteiger partial charge in [-0.2, -0.15) is 0 Å². The van der Waals surface area contributed by atoms with Gasteiger partial charge in [0.1, 0.15) is 5.92 Å². The summed E-state index contributed by atoms with van der Waals surface area (Å²) in [6, 6.07) is 1.92. The highest BCUT2D eigenvalue weighted by Crippen LogP contribution is 2.43. The van der Waals surface area contributed by atoms with Gasteiger partial charge in [-0.25, -0.2) is 4.79 Å². The normalized spacial score (nSPS) is 21.8. The lowest BCUT2D eigenvalue weighted by atomic mass is 9.74. The maximum absolute atomic E-state index is 13.3. The lowest BCUT2D eigenvalue weighted by Crippen LogP contribution is -2.54. The van der Waals surface area contributed by atoms with Gasteiger partial charge >= 0.3 is 6.09 Å². The summed E-state index contributed by atoms with van der Waals surface area (Å²) < 4.78 is 0.917. The summed E-state index contributed by atoms with van der Waals surface area (Å²) in [4.78, 5) is 28.3. The number of amides is 2. The van der Waals surface area contributed by atoms with Gasteiger partial charge in [0.2, 0.25) is 5.91 Å². The average molecular weight is 431 g/mol. The minimum Gasteiger partial charge on any atom is -0.465 e. The first-order chi connectivity index (χ1) is 11.9. The number of thiophene rings is 1. The molecule has 25 heavy (non-hydrogen) atoms. The molecule has 1 aliphatic carbocycles. The van der Waals surface area contributed by atoms with Crippen LogP contribution < -0.4 is 0 Å². The Morgan fingerprint density at radius 2 is 1.72 bits per heavy atom. The molecule has 8 heteroatoms. The van der Waals surface area contributed by atoms with E-state index in [-0.39, 0.29) is 5.91 Å². The standard InChI is InChI=1S/C17H23BrN2O4S/c18-12-10-13(25-11-12)14(17(24)4-2-1-3-5-17)15(21)19-6-8-20(9-7-19)16(22)23/h10-11,14,24H,1-9H2,(H,22,23). The van der Waals surface area contributed by atoms with Crippen molar-refractivity contribution < 1.29 is 19.8 Å². The number of nitrogens with zero attached hydrogens (tertiary/aromatic N) is 2. The number of carbonyl (C=O) groups is 2. The average Bonchev–Trinajstić information content (AvgIpc) is 3.01. The highest BCUT2D eigenvalue weighted by molar-refractivity contribution is 9.10. The van der Waals surface area contributed by atoms with Gasteiger partial charge in [0, 0.05) is 40.9 Å². The van der Waals surface area contributed by atoms with Crippen LogP contribution in [0.4, 0.5) is 4.79 Å². The molecule has 1 aromatic rings. The Hall–Kier alpha value is -1.12. The Kier molecular flexibility index (Phi) is 5.70. The fourth-order valence-corrected chi connectivity index (χ4v) is 5.50. The predicted octanol–water partition coefficient (Wildman–Crippen LogP) is 3.11. The summed E-state index contributed by atoms with van der Waals surface area (Å²) >= 11 is 4.93. The largest absolute Gasteiger partial charge is 0.465 e. The molecule has 2 fully saturated rings. The van der Waals surface area contributed by atoms with Gasteiger partial charge in [-0.05, 0) is 34.8 Å². The number of aliphatic hydroxyl groups is 1. The van der Waals surface area contributed by atoms with Crippen LogP contribution >= 0.6 is 27.3 Å². The number of piperazine rings is 1. The monoisotopic (exact) mass is 430 g/mol. The Labute approximate surface area is 159 Å². The lowest BCUT2D eigenvalue weighted by Gasteiger charge is -2.42. The second kappa shape index (κ2) is 7.63. The van der Waals surface area contributed by atoms with Crippen molar-refractivity contribution in [1.82, 2.24) is 9.80 Å². The zero-order valence-corrected chi connectivity index (χ0v) is 16.4. The van der Waals surface area contributed by atoms with Crippen molar-refractivity contribution in [3.05, 3.63) is 20.8 Å². The Morgan fingerprint density at radius 1 is 1.12 bits per heavy atom. The first kappa shape index (κ1) is 18.7. The van der Waals surface area contributed by atoms with Crippen LogP contribution in [0.2, 0.25) is 0 Å². The SMILES string of the molecule is O=C(O)N1CCN(C(=O)C(c2cc(Br)cs2)C2(O)CCCCC2)CC1. The highest BCUT2D eigenvalue weighted by Gasteiger charge is 2.45. The van der Waals surface area contributed by atoms with Crippen molar-refractivity contribution in [2.45, 2.75) is 43.6 Å². The van der Waals surface area contributed by atoms with Crippen molar-refractivity contribution in [2.24, 2.45) is 0 Å². The van der Waals surface area contributed by atoms with E-state index in [0.717, 1.165) is 28.6 Å². The second-order valence-electron chi connectivity index (χ2n) is 6.86. The van der Waals surface area contributed by atoms with Crippen molar-refractivity contribution >= 4 is 39.3 Å². The van der Waals surface area contributed by atoms with Crippen LogP contribution in [0, 0.1) is 0 Å². The van der Waals surface area contributed by atoms with Gasteiger partial charge in [0.05, 0.1) is 5.60 Å². The molecule has 1 aromatic heterocycles. The highest BCUT2D eigenvalue weighted by atomic mass is 79.9. The summed E-state index contributed by atoms with van der Waals surface area (Å²) in [5, 5.41) is 22.3. The van der Waals surface area contributed by atoms with Gasteiger partial charge in [-0.3, -0.25) is 4.79 Å². The van der Waals surface area contributed by atoms with E-state index in [0.29, 0.717) is 39.0 Å². The minimum absolute atomic E-state index is 0.0798. The second-order valence-corrected chi connectivity index (χ2v) is 8.72. The topological polar surface area (TPSA) is 81.1 Å². The summed E-state index contributed by atoms with van der Waals surface area (Å²) in [5.41, 5.74) is -1.01. The van der Waals surface area contributed by atoms with Gasteiger partial charge in [-0.1, -0.05) is 19.3 Å². The van der Waals surface area contributed by atoms with Gasteiger partial charge < -0.3 is 20.0 Å². The molecule has 0 spiro atoms. The number of hydrogen-bond donors (Lipinski definition) is 2. The molecule has 1 saturated heterocycles.